The zero-order valence-corrected chi connectivity index (χ0v) is 13.5. The van der Waals surface area contributed by atoms with Crippen LogP contribution in [0.3, 0.4) is 0 Å². The van der Waals surface area contributed by atoms with Crippen LogP contribution in [-0.4, -0.2) is 36.2 Å². The standard InChI is InChI=1S/C15H13F4NO4S/c1-20(25(23,24)11-6-7-12(21)13(22)8-11)14(15(17,18)19)9-2-4-10(16)5-3-9/h2-8,14,21-22H,1H3/t14-/m1/s1. The Morgan fingerprint density at radius 1 is 1.00 bits per heavy atom. The molecule has 0 radical (unpaired) electrons. The SMILES string of the molecule is CN([C@H](c1ccc(F)cc1)C(F)(F)F)S(=O)(=O)c1ccc(O)c(O)c1. The number of alkyl halides is 3. The molecule has 1 atom stereocenters. The fraction of sp³-hybridized carbons (Fsp3) is 0.200. The fourth-order valence-corrected chi connectivity index (χ4v) is 3.57. The van der Waals surface area contributed by atoms with Crippen molar-refractivity contribution in [2.45, 2.75) is 17.1 Å². The molecule has 0 aliphatic carbocycles. The zero-order valence-electron chi connectivity index (χ0n) is 12.7. The molecule has 0 bridgehead atoms. The molecule has 0 saturated carbocycles. The van der Waals surface area contributed by atoms with Gasteiger partial charge >= 0.3 is 6.18 Å². The smallest absolute Gasteiger partial charge is 0.409 e. The van der Waals surface area contributed by atoms with E-state index in [4.69, 9.17) is 0 Å². The monoisotopic (exact) mass is 379 g/mol. The summed E-state index contributed by atoms with van der Waals surface area (Å²) in [6.45, 7) is 0. The first-order chi connectivity index (χ1) is 11.4. The van der Waals surface area contributed by atoms with Gasteiger partial charge in [0.05, 0.1) is 4.90 Å². The van der Waals surface area contributed by atoms with E-state index in [0.717, 1.165) is 43.4 Å². The summed E-state index contributed by atoms with van der Waals surface area (Å²) in [7, 11) is -3.95. The number of hydrogen-bond donors (Lipinski definition) is 2. The third kappa shape index (κ3) is 3.85. The summed E-state index contributed by atoms with van der Waals surface area (Å²) >= 11 is 0. The number of halogens is 4. The van der Waals surface area contributed by atoms with Crippen LogP contribution in [0.2, 0.25) is 0 Å². The predicted molar refractivity (Wildman–Crippen MR) is 79.9 cm³/mol. The van der Waals surface area contributed by atoms with Crippen LogP contribution in [0.5, 0.6) is 11.5 Å². The third-order valence-electron chi connectivity index (χ3n) is 3.48. The number of phenols is 2. The van der Waals surface area contributed by atoms with Gasteiger partial charge in [-0.25, -0.2) is 12.8 Å². The van der Waals surface area contributed by atoms with E-state index in [9.17, 15) is 36.2 Å². The number of phenolic OH excluding ortho intramolecular Hbond substituents is 2. The summed E-state index contributed by atoms with van der Waals surface area (Å²) in [6, 6.07) is 3.05. The molecule has 2 N–H and O–H groups in total. The normalized spacial score (nSPS) is 13.8. The molecule has 5 nitrogen and oxygen atoms in total. The summed E-state index contributed by atoms with van der Waals surface area (Å²) in [5.74, 6) is -2.18. The van der Waals surface area contributed by atoms with Crippen LogP contribution >= 0.6 is 0 Å². The van der Waals surface area contributed by atoms with Gasteiger partial charge in [0.2, 0.25) is 10.0 Å². The Kier molecular flexibility index (Phi) is 4.96. The van der Waals surface area contributed by atoms with Gasteiger partial charge in [-0.05, 0) is 29.8 Å². The van der Waals surface area contributed by atoms with Crippen molar-refractivity contribution < 1.29 is 36.2 Å². The van der Waals surface area contributed by atoms with Gasteiger partial charge in [0.15, 0.2) is 11.5 Å². The van der Waals surface area contributed by atoms with Gasteiger partial charge in [-0.2, -0.15) is 17.5 Å². The molecule has 0 fully saturated rings. The highest BCUT2D eigenvalue weighted by Crippen LogP contribution is 2.40. The average Bonchev–Trinajstić information content (AvgIpc) is 2.50. The van der Waals surface area contributed by atoms with Crippen molar-refractivity contribution in [1.82, 2.24) is 4.31 Å². The lowest BCUT2D eigenvalue weighted by Crippen LogP contribution is -2.39. The predicted octanol–water partition coefficient (Wildman–Crippen LogP) is 3.16. The van der Waals surface area contributed by atoms with Crippen molar-refractivity contribution in [3.05, 3.63) is 53.8 Å². The molecule has 0 spiro atoms. The highest BCUT2D eigenvalue weighted by Gasteiger charge is 2.47. The van der Waals surface area contributed by atoms with Crippen molar-refractivity contribution in [2.24, 2.45) is 0 Å². The van der Waals surface area contributed by atoms with Crippen molar-refractivity contribution >= 4 is 10.0 Å². The van der Waals surface area contributed by atoms with E-state index in [-0.39, 0.29) is 4.31 Å². The fourth-order valence-electron chi connectivity index (χ4n) is 2.22. The molecule has 2 aromatic carbocycles. The Labute approximate surface area is 140 Å². The summed E-state index contributed by atoms with van der Waals surface area (Å²) in [5, 5.41) is 18.6. The minimum absolute atomic E-state index is 0.0755. The summed E-state index contributed by atoms with van der Waals surface area (Å²) in [5.41, 5.74) is -0.469. The van der Waals surface area contributed by atoms with Crippen molar-refractivity contribution in [1.29, 1.82) is 0 Å². The van der Waals surface area contributed by atoms with E-state index in [1.165, 1.54) is 0 Å². The number of aromatic hydroxyl groups is 2. The molecule has 10 heteroatoms. The Morgan fingerprint density at radius 2 is 1.56 bits per heavy atom. The van der Waals surface area contributed by atoms with Crippen molar-refractivity contribution in [3.63, 3.8) is 0 Å². The van der Waals surface area contributed by atoms with Gasteiger partial charge in [0.1, 0.15) is 11.9 Å². The summed E-state index contributed by atoms with van der Waals surface area (Å²) in [4.78, 5) is -0.637. The molecular formula is C15H13F4NO4S. The average molecular weight is 379 g/mol. The van der Waals surface area contributed by atoms with Crippen LogP contribution in [0, 0.1) is 5.82 Å². The molecule has 2 aromatic rings. The van der Waals surface area contributed by atoms with Crippen LogP contribution in [0.25, 0.3) is 0 Å². The molecule has 0 unspecified atom stereocenters. The molecule has 2 rings (SSSR count). The van der Waals surface area contributed by atoms with E-state index in [0.29, 0.717) is 6.07 Å². The second-order valence-corrected chi connectivity index (χ2v) is 7.16. The second-order valence-electron chi connectivity index (χ2n) is 5.17. The first kappa shape index (κ1) is 19.0. The van der Waals surface area contributed by atoms with Crippen LogP contribution < -0.4 is 0 Å². The van der Waals surface area contributed by atoms with Crippen LogP contribution in [0.4, 0.5) is 17.6 Å². The van der Waals surface area contributed by atoms with Gasteiger partial charge in [-0.15, -0.1) is 0 Å². The first-order valence-electron chi connectivity index (χ1n) is 6.77. The molecule has 0 aliphatic heterocycles. The number of rotatable bonds is 4. The maximum Gasteiger partial charge on any atom is 0.409 e. The second kappa shape index (κ2) is 6.52. The lowest BCUT2D eigenvalue weighted by molar-refractivity contribution is -0.171. The quantitative estimate of drug-likeness (QED) is 0.632. The summed E-state index contributed by atoms with van der Waals surface area (Å²) < 4.78 is 78.4. The first-order valence-corrected chi connectivity index (χ1v) is 8.21. The highest BCUT2D eigenvalue weighted by molar-refractivity contribution is 7.89. The Bertz CT molecular complexity index is 866. The number of nitrogens with zero attached hydrogens (tertiary/aromatic N) is 1. The van der Waals surface area contributed by atoms with E-state index in [2.05, 4.69) is 0 Å². The Balaban J connectivity index is 2.53. The van der Waals surface area contributed by atoms with Gasteiger partial charge < -0.3 is 10.2 Å². The Hall–Kier alpha value is -2.33. The molecular weight excluding hydrogens is 366 g/mol. The summed E-state index contributed by atoms with van der Waals surface area (Å²) in [6.07, 6.45) is -4.97. The molecule has 136 valence electrons. The van der Waals surface area contributed by atoms with E-state index in [1.54, 1.807) is 0 Å². The van der Waals surface area contributed by atoms with Crippen molar-refractivity contribution in [2.75, 3.05) is 7.05 Å². The third-order valence-corrected chi connectivity index (χ3v) is 5.30. The number of sulfonamides is 1. The minimum atomic E-state index is -4.97. The van der Waals surface area contributed by atoms with Gasteiger partial charge in [0, 0.05) is 13.1 Å². The van der Waals surface area contributed by atoms with Crippen molar-refractivity contribution in [3.8, 4) is 11.5 Å². The van der Waals surface area contributed by atoms with Gasteiger partial charge in [0.25, 0.3) is 0 Å². The molecule has 25 heavy (non-hydrogen) atoms. The number of hydrogen-bond acceptors (Lipinski definition) is 4. The number of benzene rings is 2. The Morgan fingerprint density at radius 3 is 2.04 bits per heavy atom. The van der Waals surface area contributed by atoms with E-state index < -0.39 is 50.0 Å². The highest BCUT2D eigenvalue weighted by atomic mass is 32.2. The molecule has 0 amide bonds. The van der Waals surface area contributed by atoms with Crippen LogP contribution in [-0.2, 0) is 10.0 Å². The largest absolute Gasteiger partial charge is 0.504 e. The van der Waals surface area contributed by atoms with Crippen LogP contribution in [0.15, 0.2) is 47.4 Å². The maximum absolute atomic E-state index is 13.5. The topological polar surface area (TPSA) is 77.8 Å². The van der Waals surface area contributed by atoms with E-state index >= 15 is 0 Å². The molecule has 0 aliphatic rings. The lowest BCUT2D eigenvalue weighted by Gasteiger charge is -2.29. The van der Waals surface area contributed by atoms with E-state index in [1.807, 2.05) is 0 Å². The molecule has 0 heterocycles. The molecule has 0 saturated heterocycles. The van der Waals surface area contributed by atoms with Gasteiger partial charge in [-0.1, -0.05) is 12.1 Å². The van der Waals surface area contributed by atoms with Crippen LogP contribution in [0.1, 0.15) is 11.6 Å². The minimum Gasteiger partial charge on any atom is -0.504 e. The zero-order chi connectivity index (χ0) is 19.0. The van der Waals surface area contributed by atoms with Gasteiger partial charge in [-0.3, -0.25) is 0 Å². The maximum atomic E-state index is 13.5. The molecule has 0 aromatic heterocycles. The lowest BCUT2D eigenvalue weighted by atomic mass is 10.1.